The number of carbonyl (C=O) groups excluding carboxylic acids is 3. The number of aromatic nitrogens is 1. The van der Waals surface area contributed by atoms with E-state index in [0.717, 1.165) is 21.6 Å². The van der Waals surface area contributed by atoms with Crippen LogP contribution in [0.5, 0.6) is 0 Å². The Kier molecular flexibility index (Phi) is 4.91. The van der Waals surface area contributed by atoms with Crippen LogP contribution >= 0.6 is 0 Å². The Morgan fingerprint density at radius 1 is 0.931 bits per heavy atom. The Morgan fingerprint density at radius 3 is 2.41 bits per heavy atom. The molecule has 0 unspecified atom stereocenters. The SMILES string of the molecule is Cc1cccc2c1C(=O)N(CCC(=O)Nc1ccc(-c3ccccc3)cn1)C2=O. The maximum absolute atomic E-state index is 12.5. The van der Waals surface area contributed by atoms with Gasteiger partial charge in [0.15, 0.2) is 0 Å². The number of hydrogen-bond acceptors (Lipinski definition) is 4. The highest BCUT2D eigenvalue weighted by Crippen LogP contribution is 2.25. The van der Waals surface area contributed by atoms with Gasteiger partial charge in [0, 0.05) is 24.7 Å². The van der Waals surface area contributed by atoms with Gasteiger partial charge in [-0.1, -0.05) is 42.5 Å². The number of nitrogens with zero attached hydrogens (tertiary/aromatic N) is 2. The third kappa shape index (κ3) is 3.65. The van der Waals surface area contributed by atoms with Gasteiger partial charge in [-0.15, -0.1) is 0 Å². The Morgan fingerprint density at radius 2 is 1.72 bits per heavy atom. The summed E-state index contributed by atoms with van der Waals surface area (Å²) in [5.41, 5.74) is 3.57. The van der Waals surface area contributed by atoms with Gasteiger partial charge in [-0.2, -0.15) is 0 Å². The zero-order valence-electron chi connectivity index (χ0n) is 15.9. The molecule has 29 heavy (non-hydrogen) atoms. The van der Waals surface area contributed by atoms with Gasteiger partial charge in [0.25, 0.3) is 11.8 Å². The van der Waals surface area contributed by atoms with Gasteiger partial charge in [0.2, 0.25) is 5.91 Å². The van der Waals surface area contributed by atoms with Gasteiger partial charge in [-0.3, -0.25) is 19.3 Å². The molecule has 6 nitrogen and oxygen atoms in total. The minimum atomic E-state index is -0.355. The number of anilines is 1. The lowest BCUT2D eigenvalue weighted by atomic mass is 10.0. The van der Waals surface area contributed by atoms with Crippen molar-refractivity contribution in [1.29, 1.82) is 0 Å². The molecule has 2 aromatic carbocycles. The van der Waals surface area contributed by atoms with E-state index in [0.29, 0.717) is 16.9 Å². The number of amides is 3. The second-order valence-electron chi connectivity index (χ2n) is 6.86. The van der Waals surface area contributed by atoms with Crippen molar-refractivity contribution in [2.45, 2.75) is 13.3 Å². The topological polar surface area (TPSA) is 79.4 Å². The molecule has 0 saturated heterocycles. The van der Waals surface area contributed by atoms with Crippen LogP contribution in [0.1, 0.15) is 32.7 Å². The number of benzene rings is 2. The molecule has 1 aliphatic rings. The first-order valence-corrected chi connectivity index (χ1v) is 9.32. The number of hydrogen-bond donors (Lipinski definition) is 1. The summed E-state index contributed by atoms with van der Waals surface area (Å²) < 4.78 is 0. The molecule has 0 saturated carbocycles. The molecule has 0 bridgehead atoms. The van der Waals surface area contributed by atoms with Crippen molar-refractivity contribution in [1.82, 2.24) is 9.88 Å². The second kappa shape index (κ2) is 7.67. The van der Waals surface area contributed by atoms with Gasteiger partial charge in [0.05, 0.1) is 11.1 Å². The molecule has 144 valence electrons. The van der Waals surface area contributed by atoms with E-state index in [1.54, 1.807) is 37.4 Å². The van der Waals surface area contributed by atoms with Crippen molar-refractivity contribution in [3.63, 3.8) is 0 Å². The number of pyridine rings is 1. The third-order valence-corrected chi connectivity index (χ3v) is 4.91. The van der Waals surface area contributed by atoms with Crippen molar-refractivity contribution < 1.29 is 14.4 Å². The number of imide groups is 1. The normalized spacial score (nSPS) is 12.8. The van der Waals surface area contributed by atoms with Crippen molar-refractivity contribution in [3.05, 3.63) is 83.6 Å². The van der Waals surface area contributed by atoms with Gasteiger partial charge in [0.1, 0.15) is 5.82 Å². The fraction of sp³-hybridized carbons (Fsp3) is 0.130. The van der Waals surface area contributed by atoms with E-state index in [1.807, 2.05) is 36.4 Å². The Balaban J connectivity index is 1.37. The van der Waals surface area contributed by atoms with Crippen molar-refractivity contribution >= 4 is 23.5 Å². The predicted molar refractivity (Wildman–Crippen MR) is 109 cm³/mol. The van der Waals surface area contributed by atoms with E-state index in [2.05, 4.69) is 10.3 Å². The minimum Gasteiger partial charge on any atom is -0.311 e. The molecule has 3 aromatic rings. The standard InChI is InChI=1S/C23H19N3O3/c1-15-6-5-9-18-21(15)23(29)26(22(18)28)13-12-20(27)25-19-11-10-17(14-24-19)16-7-3-2-4-8-16/h2-11,14H,12-13H2,1H3,(H,24,25,27). The highest BCUT2D eigenvalue weighted by atomic mass is 16.2. The van der Waals surface area contributed by atoms with Gasteiger partial charge >= 0.3 is 0 Å². The number of fused-ring (bicyclic) bond motifs is 1. The maximum Gasteiger partial charge on any atom is 0.261 e. The molecule has 1 N–H and O–H groups in total. The molecule has 0 fully saturated rings. The fourth-order valence-corrected chi connectivity index (χ4v) is 3.39. The van der Waals surface area contributed by atoms with Crippen LogP contribution in [0.2, 0.25) is 0 Å². The Hall–Kier alpha value is -3.80. The molecule has 6 heteroatoms. The summed E-state index contributed by atoms with van der Waals surface area (Å²) in [5.74, 6) is -0.584. The molecule has 4 rings (SSSR count). The van der Waals surface area contributed by atoms with Crippen LogP contribution in [0.15, 0.2) is 66.9 Å². The van der Waals surface area contributed by atoms with Crippen molar-refractivity contribution in [2.24, 2.45) is 0 Å². The summed E-state index contributed by atoms with van der Waals surface area (Å²) in [6, 6.07) is 18.6. The Labute approximate surface area is 168 Å². The molecule has 1 aromatic heterocycles. The summed E-state index contributed by atoms with van der Waals surface area (Å²) in [7, 11) is 0. The zero-order chi connectivity index (χ0) is 20.4. The van der Waals surface area contributed by atoms with Crippen LogP contribution in [0, 0.1) is 6.92 Å². The first-order valence-electron chi connectivity index (χ1n) is 9.32. The summed E-state index contributed by atoms with van der Waals surface area (Å²) in [4.78, 5) is 42.7. The number of aryl methyl sites for hydroxylation is 1. The fourth-order valence-electron chi connectivity index (χ4n) is 3.39. The smallest absolute Gasteiger partial charge is 0.261 e. The summed E-state index contributed by atoms with van der Waals surface area (Å²) in [6.07, 6.45) is 1.70. The molecule has 0 atom stereocenters. The molecular weight excluding hydrogens is 366 g/mol. The van der Waals surface area contributed by atoms with Gasteiger partial charge in [-0.05, 0) is 36.2 Å². The monoisotopic (exact) mass is 385 g/mol. The second-order valence-corrected chi connectivity index (χ2v) is 6.86. The maximum atomic E-state index is 12.5. The average Bonchev–Trinajstić information content (AvgIpc) is 2.99. The van der Waals surface area contributed by atoms with Crippen LogP contribution in [0.3, 0.4) is 0 Å². The molecular formula is C23H19N3O3. The molecule has 1 aliphatic heterocycles. The van der Waals surface area contributed by atoms with E-state index in [9.17, 15) is 14.4 Å². The van der Waals surface area contributed by atoms with E-state index in [-0.39, 0.29) is 30.7 Å². The average molecular weight is 385 g/mol. The van der Waals surface area contributed by atoms with Gasteiger partial charge < -0.3 is 5.32 Å². The molecule has 0 spiro atoms. The number of carbonyl (C=O) groups is 3. The molecule has 0 radical (unpaired) electrons. The van der Waals surface area contributed by atoms with Crippen LogP contribution in [0.4, 0.5) is 5.82 Å². The van der Waals surface area contributed by atoms with E-state index in [1.165, 1.54) is 0 Å². The van der Waals surface area contributed by atoms with E-state index in [4.69, 9.17) is 0 Å². The lowest BCUT2D eigenvalue weighted by molar-refractivity contribution is -0.116. The highest BCUT2D eigenvalue weighted by Gasteiger charge is 2.36. The van der Waals surface area contributed by atoms with Crippen LogP contribution < -0.4 is 5.32 Å². The molecule has 3 amide bonds. The van der Waals surface area contributed by atoms with Crippen molar-refractivity contribution in [2.75, 3.05) is 11.9 Å². The predicted octanol–water partition coefficient (Wildman–Crippen LogP) is 3.68. The van der Waals surface area contributed by atoms with Crippen LogP contribution in [-0.4, -0.2) is 34.2 Å². The van der Waals surface area contributed by atoms with Crippen LogP contribution in [0.25, 0.3) is 11.1 Å². The third-order valence-electron chi connectivity index (χ3n) is 4.91. The number of rotatable bonds is 5. The van der Waals surface area contributed by atoms with Crippen LogP contribution in [-0.2, 0) is 4.79 Å². The summed E-state index contributed by atoms with van der Waals surface area (Å²) in [5, 5.41) is 2.71. The number of nitrogens with one attached hydrogen (secondary N) is 1. The lowest BCUT2D eigenvalue weighted by Crippen LogP contribution is -2.33. The first-order chi connectivity index (χ1) is 14.0. The minimum absolute atomic E-state index is 0.00658. The molecule has 2 heterocycles. The van der Waals surface area contributed by atoms with E-state index >= 15 is 0 Å². The van der Waals surface area contributed by atoms with Crippen molar-refractivity contribution in [3.8, 4) is 11.1 Å². The van der Waals surface area contributed by atoms with E-state index < -0.39 is 0 Å². The quantitative estimate of drug-likeness (QED) is 0.680. The Bertz CT molecular complexity index is 1090. The van der Waals surface area contributed by atoms with Gasteiger partial charge in [-0.25, -0.2) is 4.98 Å². The summed E-state index contributed by atoms with van der Waals surface area (Å²) in [6.45, 7) is 1.82. The molecule has 0 aliphatic carbocycles. The first kappa shape index (κ1) is 18.6. The largest absolute Gasteiger partial charge is 0.311 e. The summed E-state index contributed by atoms with van der Waals surface area (Å²) >= 11 is 0. The lowest BCUT2D eigenvalue weighted by Gasteiger charge is -2.13. The zero-order valence-corrected chi connectivity index (χ0v) is 15.9. The highest BCUT2D eigenvalue weighted by molar-refractivity contribution is 6.22.